The van der Waals surface area contributed by atoms with Crippen molar-refractivity contribution in [2.24, 2.45) is 0 Å². The van der Waals surface area contributed by atoms with Gasteiger partial charge in [0.1, 0.15) is 12.0 Å². The fraction of sp³-hybridized carbons (Fsp3) is 0.636. The maximum absolute atomic E-state index is 6.01. The second-order valence-corrected chi connectivity index (χ2v) is 6.45. The molecule has 0 saturated carbocycles. The van der Waals surface area contributed by atoms with E-state index >= 15 is 0 Å². The number of anilines is 2. The lowest BCUT2D eigenvalue weighted by molar-refractivity contribution is 0.399. The third-order valence-corrected chi connectivity index (χ3v) is 4.04. The number of nitrogen functional groups attached to an aromatic ring is 1. The topological polar surface area (TPSA) is 64.3 Å². The Morgan fingerprint density at radius 2 is 2.24 bits per heavy atom. The normalized spacial score (nSPS) is 19.1. The SMILES string of the molecule is COc1ncnc(N2CCSC(C)(C)C2)c1N. The Labute approximate surface area is 106 Å². The van der Waals surface area contributed by atoms with Crippen LogP contribution in [0.3, 0.4) is 0 Å². The van der Waals surface area contributed by atoms with Crippen LogP contribution in [0.1, 0.15) is 13.8 Å². The molecule has 17 heavy (non-hydrogen) atoms. The van der Waals surface area contributed by atoms with E-state index in [2.05, 4.69) is 28.7 Å². The van der Waals surface area contributed by atoms with E-state index < -0.39 is 0 Å². The molecule has 0 aliphatic carbocycles. The highest BCUT2D eigenvalue weighted by Gasteiger charge is 2.29. The molecule has 2 heterocycles. The monoisotopic (exact) mass is 254 g/mol. The van der Waals surface area contributed by atoms with Gasteiger partial charge in [0.25, 0.3) is 0 Å². The average molecular weight is 254 g/mol. The van der Waals surface area contributed by atoms with Crippen molar-refractivity contribution in [3.8, 4) is 5.88 Å². The Balaban J connectivity index is 2.28. The molecule has 2 rings (SSSR count). The first kappa shape index (κ1) is 12.3. The minimum Gasteiger partial charge on any atom is -0.479 e. The van der Waals surface area contributed by atoms with Crippen LogP contribution in [0.2, 0.25) is 0 Å². The zero-order valence-corrected chi connectivity index (χ0v) is 11.3. The maximum Gasteiger partial charge on any atom is 0.242 e. The molecule has 0 radical (unpaired) electrons. The summed E-state index contributed by atoms with van der Waals surface area (Å²) in [5.74, 6) is 2.31. The van der Waals surface area contributed by atoms with Gasteiger partial charge in [-0.05, 0) is 13.8 Å². The third-order valence-electron chi connectivity index (χ3n) is 2.74. The minimum atomic E-state index is 0.225. The molecule has 1 aliphatic heterocycles. The molecule has 0 bridgehead atoms. The van der Waals surface area contributed by atoms with Crippen LogP contribution in [-0.4, -0.2) is 40.7 Å². The molecule has 1 saturated heterocycles. The summed E-state index contributed by atoms with van der Waals surface area (Å²) in [7, 11) is 1.57. The summed E-state index contributed by atoms with van der Waals surface area (Å²) >= 11 is 1.98. The number of nitrogens with zero attached hydrogens (tertiary/aromatic N) is 3. The number of aromatic nitrogens is 2. The molecule has 0 atom stereocenters. The van der Waals surface area contributed by atoms with Crippen molar-refractivity contribution in [1.29, 1.82) is 0 Å². The summed E-state index contributed by atoms with van der Waals surface area (Å²) in [6, 6.07) is 0. The fourth-order valence-electron chi connectivity index (χ4n) is 1.98. The van der Waals surface area contributed by atoms with Gasteiger partial charge in [-0.15, -0.1) is 0 Å². The lowest BCUT2D eigenvalue weighted by atomic mass is 10.2. The van der Waals surface area contributed by atoms with Crippen LogP contribution >= 0.6 is 11.8 Å². The lowest BCUT2D eigenvalue weighted by Crippen LogP contribution is -2.43. The van der Waals surface area contributed by atoms with Crippen molar-refractivity contribution in [1.82, 2.24) is 9.97 Å². The summed E-state index contributed by atoms with van der Waals surface area (Å²) in [5.41, 5.74) is 6.54. The molecule has 2 N–H and O–H groups in total. The maximum atomic E-state index is 6.01. The summed E-state index contributed by atoms with van der Waals surface area (Å²) in [4.78, 5) is 10.5. The Morgan fingerprint density at radius 1 is 1.47 bits per heavy atom. The number of rotatable bonds is 2. The van der Waals surface area contributed by atoms with Crippen molar-refractivity contribution >= 4 is 23.3 Å². The highest BCUT2D eigenvalue weighted by atomic mass is 32.2. The molecule has 94 valence electrons. The Bertz CT molecular complexity index is 410. The van der Waals surface area contributed by atoms with Gasteiger partial charge in [-0.1, -0.05) is 0 Å². The Morgan fingerprint density at radius 3 is 2.88 bits per heavy atom. The van der Waals surface area contributed by atoms with E-state index in [1.54, 1.807) is 7.11 Å². The first-order chi connectivity index (χ1) is 8.03. The van der Waals surface area contributed by atoms with Crippen LogP contribution in [0.4, 0.5) is 11.5 Å². The summed E-state index contributed by atoms with van der Waals surface area (Å²) in [5, 5.41) is 0. The van der Waals surface area contributed by atoms with Gasteiger partial charge in [-0.3, -0.25) is 0 Å². The lowest BCUT2D eigenvalue weighted by Gasteiger charge is -2.38. The number of thioether (sulfide) groups is 1. The number of methoxy groups -OCH3 is 1. The molecule has 1 aromatic heterocycles. The van der Waals surface area contributed by atoms with Crippen LogP contribution in [-0.2, 0) is 0 Å². The first-order valence-corrected chi connectivity index (χ1v) is 6.55. The number of ether oxygens (including phenoxy) is 1. The van der Waals surface area contributed by atoms with E-state index in [-0.39, 0.29) is 4.75 Å². The van der Waals surface area contributed by atoms with Gasteiger partial charge in [0.05, 0.1) is 7.11 Å². The van der Waals surface area contributed by atoms with Gasteiger partial charge >= 0.3 is 0 Å². The van der Waals surface area contributed by atoms with E-state index in [0.29, 0.717) is 11.6 Å². The van der Waals surface area contributed by atoms with Crippen molar-refractivity contribution in [3.63, 3.8) is 0 Å². The van der Waals surface area contributed by atoms with E-state index in [1.165, 1.54) is 6.33 Å². The quantitative estimate of drug-likeness (QED) is 0.860. The van der Waals surface area contributed by atoms with Crippen LogP contribution in [0.5, 0.6) is 5.88 Å². The van der Waals surface area contributed by atoms with Crippen molar-refractivity contribution < 1.29 is 4.74 Å². The molecule has 1 aromatic rings. The van der Waals surface area contributed by atoms with E-state index in [0.717, 1.165) is 24.7 Å². The van der Waals surface area contributed by atoms with Crippen LogP contribution in [0.15, 0.2) is 6.33 Å². The van der Waals surface area contributed by atoms with E-state index in [1.807, 2.05) is 11.8 Å². The molecule has 0 spiro atoms. The van der Waals surface area contributed by atoms with Crippen LogP contribution in [0, 0.1) is 0 Å². The Hall–Kier alpha value is -1.17. The molecule has 0 unspecified atom stereocenters. The predicted molar refractivity (Wildman–Crippen MR) is 71.7 cm³/mol. The van der Waals surface area contributed by atoms with Gasteiger partial charge in [-0.25, -0.2) is 4.98 Å². The van der Waals surface area contributed by atoms with Gasteiger partial charge in [0.2, 0.25) is 5.88 Å². The minimum absolute atomic E-state index is 0.225. The van der Waals surface area contributed by atoms with Gasteiger partial charge in [0, 0.05) is 23.6 Å². The number of hydrogen-bond donors (Lipinski definition) is 1. The molecule has 0 aromatic carbocycles. The summed E-state index contributed by atoms with van der Waals surface area (Å²) < 4.78 is 5.35. The largest absolute Gasteiger partial charge is 0.479 e. The van der Waals surface area contributed by atoms with E-state index in [4.69, 9.17) is 10.5 Å². The Kier molecular flexibility index (Phi) is 3.33. The van der Waals surface area contributed by atoms with Crippen molar-refractivity contribution in [3.05, 3.63) is 6.33 Å². The standard InChI is InChI=1S/C11H18N4OS/c1-11(2)6-15(4-5-17-11)9-8(12)10(16-3)14-7-13-9/h7H,4-6,12H2,1-3H3. The molecular formula is C11H18N4OS. The van der Waals surface area contributed by atoms with Gasteiger partial charge < -0.3 is 15.4 Å². The highest BCUT2D eigenvalue weighted by Crippen LogP contribution is 2.35. The molecular weight excluding hydrogens is 236 g/mol. The summed E-state index contributed by atoms with van der Waals surface area (Å²) in [6.07, 6.45) is 1.50. The van der Waals surface area contributed by atoms with Crippen LogP contribution < -0.4 is 15.4 Å². The van der Waals surface area contributed by atoms with Crippen molar-refractivity contribution in [2.75, 3.05) is 36.6 Å². The second kappa shape index (κ2) is 4.60. The molecule has 1 aliphatic rings. The van der Waals surface area contributed by atoms with Gasteiger partial charge in [0.15, 0.2) is 5.82 Å². The predicted octanol–water partition coefficient (Wildman–Crippen LogP) is 1.40. The van der Waals surface area contributed by atoms with Gasteiger partial charge in [-0.2, -0.15) is 16.7 Å². The molecule has 5 nitrogen and oxygen atoms in total. The molecule has 0 amide bonds. The summed E-state index contributed by atoms with van der Waals surface area (Å²) in [6.45, 7) is 6.36. The number of nitrogens with two attached hydrogens (primary N) is 1. The highest BCUT2D eigenvalue weighted by molar-refractivity contribution is 8.00. The smallest absolute Gasteiger partial charge is 0.242 e. The molecule has 6 heteroatoms. The van der Waals surface area contributed by atoms with E-state index in [9.17, 15) is 0 Å². The molecule has 1 fully saturated rings. The first-order valence-electron chi connectivity index (χ1n) is 5.57. The zero-order chi connectivity index (χ0) is 12.5. The van der Waals surface area contributed by atoms with Crippen LogP contribution in [0.25, 0.3) is 0 Å². The second-order valence-electron chi connectivity index (χ2n) is 4.65. The van der Waals surface area contributed by atoms with Crippen molar-refractivity contribution in [2.45, 2.75) is 18.6 Å². The average Bonchev–Trinajstić information content (AvgIpc) is 2.28. The zero-order valence-electron chi connectivity index (χ0n) is 10.4. The number of hydrogen-bond acceptors (Lipinski definition) is 6. The third kappa shape index (κ3) is 2.57. The fourth-order valence-corrected chi connectivity index (χ4v) is 3.09.